The molecule has 4 rings (SSSR count). The molecule has 0 spiro atoms. The van der Waals surface area contributed by atoms with Crippen LogP contribution in [-0.2, 0) is 20.1 Å². The maximum absolute atomic E-state index is 13.3. The van der Waals surface area contributed by atoms with Crippen LogP contribution in [0.15, 0.2) is 27.8 Å². The van der Waals surface area contributed by atoms with Crippen molar-refractivity contribution >= 4 is 22.8 Å². The highest BCUT2D eigenvalue weighted by Crippen LogP contribution is 2.39. The van der Waals surface area contributed by atoms with Crippen LogP contribution in [0, 0.1) is 5.92 Å². The van der Waals surface area contributed by atoms with E-state index in [-0.39, 0.29) is 17.2 Å². The van der Waals surface area contributed by atoms with Crippen molar-refractivity contribution in [1.82, 2.24) is 18.7 Å². The van der Waals surface area contributed by atoms with Crippen LogP contribution in [0.25, 0.3) is 11.2 Å². The second-order valence-electron chi connectivity index (χ2n) is 8.10. The van der Waals surface area contributed by atoms with Gasteiger partial charge in [-0.15, -0.1) is 0 Å². The molecule has 1 aromatic carbocycles. The lowest BCUT2D eigenvalue weighted by Gasteiger charge is -2.33. The molecule has 31 heavy (non-hydrogen) atoms. The van der Waals surface area contributed by atoms with Gasteiger partial charge >= 0.3 is 5.69 Å². The van der Waals surface area contributed by atoms with Crippen LogP contribution in [0.2, 0.25) is 0 Å². The Kier molecular flexibility index (Phi) is 5.51. The third-order valence-corrected chi connectivity index (χ3v) is 5.85. The zero-order valence-electron chi connectivity index (χ0n) is 18.7. The van der Waals surface area contributed by atoms with E-state index in [1.807, 2.05) is 34.6 Å². The van der Waals surface area contributed by atoms with Crippen LogP contribution in [0.1, 0.15) is 26.7 Å². The smallest absolute Gasteiger partial charge is 0.332 e. The van der Waals surface area contributed by atoms with Crippen molar-refractivity contribution in [2.75, 3.05) is 25.7 Å². The summed E-state index contributed by atoms with van der Waals surface area (Å²) in [5.41, 5.74) is 1.06. The third-order valence-electron chi connectivity index (χ3n) is 5.85. The number of unbranched alkanes of at least 4 members (excludes halogenated alkanes) is 1. The largest absolute Gasteiger partial charge is 0.497 e. The Morgan fingerprint density at radius 3 is 2.61 bits per heavy atom. The predicted molar refractivity (Wildman–Crippen MR) is 120 cm³/mol. The predicted octanol–water partition coefficient (Wildman–Crippen LogP) is 2.50. The molecule has 0 radical (unpaired) electrons. The van der Waals surface area contributed by atoms with Gasteiger partial charge in [0.1, 0.15) is 11.5 Å². The van der Waals surface area contributed by atoms with E-state index in [0.717, 1.165) is 18.5 Å². The number of nitrogens with zero attached hydrogens (tertiary/aromatic N) is 5. The molecule has 3 aromatic rings. The molecule has 2 aromatic heterocycles. The van der Waals surface area contributed by atoms with Crippen LogP contribution < -0.4 is 25.6 Å². The van der Waals surface area contributed by atoms with Gasteiger partial charge in [0.05, 0.1) is 19.9 Å². The molecule has 0 saturated heterocycles. The Morgan fingerprint density at radius 2 is 1.94 bits per heavy atom. The number of methoxy groups -OCH3 is 2. The number of aryl methyl sites for hydroxylation is 1. The molecule has 166 valence electrons. The number of aromatic nitrogens is 4. The Bertz CT molecular complexity index is 1240. The SMILES string of the molecule is CCCCn1c(=O)c2c(nc3n2C[C@@H](C)CN3c2cc(OC)ccc2OC)n(C)c1=O. The molecule has 3 heterocycles. The van der Waals surface area contributed by atoms with E-state index in [2.05, 4.69) is 6.92 Å². The van der Waals surface area contributed by atoms with Crippen molar-refractivity contribution in [3.8, 4) is 11.5 Å². The summed E-state index contributed by atoms with van der Waals surface area (Å²) in [6.07, 6.45) is 1.67. The lowest BCUT2D eigenvalue weighted by molar-refractivity contribution is 0.399. The first kappa shape index (κ1) is 21.0. The Balaban J connectivity index is 1.99. The van der Waals surface area contributed by atoms with Crippen LogP contribution >= 0.6 is 0 Å². The molecule has 9 heteroatoms. The van der Waals surface area contributed by atoms with E-state index in [4.69, 9.17) is 14.5 Å². The summed E-state index contributed by atoms with van der Waals surface area (Å²) in [4.78, 5) is 33.0. The van der Waals surface area contributed by atoms with Gasteiger partial charge in [-0.2, -0.15) is 4.98 Å². The minimum atomic E-state index is -0.333. The average molecular weight is 428 g/mol. The topological polar surface area (TPSA) is 83.5 Å². The van der Waals surface area contributed by atoms with Gasteiger partial charge in [-0.3, -0.25) is 13.9 Å². The van der Waals surface area contributed by atoms with Crippen LogP contribution in [-0.4, -0.2) is 39.4 Å². The highest BCUT2D eigenvalue weighted by molar-refractivity contribution is 5.78. The van der Waals surface area contributed by atoms with Gasteiger partial charge in [0.15, 0.2) is 11.2 Å². The van der Waals surface area contributed by atoms with E-state index >= 15 is 0 Å². The maximum atomic E-state index is 13.3. The van der Waals surface area contributed by atoms with Crippen LogP contribution in [0.5, 0.6) is 11.5 Å². The van der Waals surface area contributed by atoms with Gasteiger partial charge in [-0.1, -0.05) is 20.3 Å². The second-order valence-corrected chi connectivity index (χ2v) is 8.10. The van der Waals surface area contributed by atoms with Crippen molar-refractivity contribution in [3.05, 3.63) is 39.0 Å². The summed E-state index contributed by atoms with van der Waals surface area (Å²) in [5, 5.41) is 0. The first-order chi connectivity index (χ1) is 14.9. The maximum Gasteiger partial charge on any atom is 0.332 e. The minimum absolute atomic E-state index is 0.251. The molecule has 0 aliphatic carbocycles. The molecule has 0 saturated carbocycles. The molecule has 9 nitrogen and oxygen atoms in total. The lowest BCUT2D eigenvalue weighted by atomic mass is 10.1. The fourth-order valence-electron chi connectivity index (χ4n) is 4.23. The van der Waals surface area contributed by atoms with Gasteiger partial charge in [0, 0.05) is 32.7 Å². The lowest BCUT2D eigenvalue weighted by Crippen LogP contribution is -2.40. The molecule has 1 aliphatic rings. The quantitative estimate of drug-likeness (QED) is 0.601. The Labute approximate surface area is 180 Å². The summed E-state index contributed by atoms with van der Waals surface area (Å²) in [5.74, 6) is 2.26. The molecule has 0 fully saturated rings. The Hall–Kier alpha value is -3.23. The van der Waals surface area contributed by atoms with Crippen molar-refractivity contribution in [2.45, 2.75) is 39.8 Å². The summed E-state index contributed by atoms with van der Waals surface area (Å²) in [6, 6.07) is 5.60. The van der Waals surface area contributed by atoms with Gasteiger partial charge < -0.3 is 18.9 Å². The number of hydrogen-bond acceptors (Lipinski definition) is 6. The number of ether oxygens (including phenoxy) is 2. The van der Waals surface area contributed by atoms with Crippen LogP contribution in [0.4, 0.5) is 11.6 Å². The summed E-state index contributed by atoms with van der Waals surface area (Å²) >= 11 is 0. The van der Waals surface area contributed by atoms with Gasteiger partial charge in [0.2, 0.25) is 5.95 Å². The standard InChI is InChI=1S/C22H29N5O4/c1-6-7-10-25-20(28)18-19(24(3)22(25)29)23-21-26(12-14(2)13-27(18)21)16-11-15(30-4)8-9-17(16)31-5/h8-9,11,14H,6-7,10,12-13H2,1-5H3/t14-/m0/s1. The third kappa shape index (κ3) is 3.37. The molecule has 0 N–H and O–H groups in total. The number of rotatable bonds is 6. The second kappa shape index (κ2) is 8.13. The minimum Gasteiger partial charge on any atom is -0.497 e. The van der Waals surface area contributed by atoms with E-state index in [1.54, 1.807) is 21.3 Å². The molecular weight excluding hydrogens is 398 g/mol. The molecule has 0 unspecified atom stereocenters. The number of benzene rings is 1. The van der Waals surface area contributed by atoms with E-state index < -0.39 is 0 Å². The van der Waals surface area contributed by atoms with E-state index in [9.17, 15) is 9.59 Å². The average Bonchev–Trinajstić information content (AvgIpc) is 3.16. The fraction of sp³-hybridized carbons (Fsp3) is 0.500. The number of imidazole rings is 1. The number of fused-ring (bicyclic) bond motifs is 3. The zero-order chi connectivity index (χ0) is 22.3. The molecule has 0 bridgehead atoms. The van der Waals surface area contributed by atoms with Crippen molar-refractivity contribution in [2.24, 2.45) is 13.0 Å². The highest BCUT2D eigenvalue weighted by atomic mass is 16.5. The summed E-state index contributed by atoms with van der Waals surface area (Å²) < 4.78 is 15.8. The summed E-state index contributed by atoms with van der Waals surface area (Å²) in [7, 11) is 4.91. The van der Waals surface area contributed by atoms with Gasteiger partial charge in [-0.25, -0.2) is 4.79 Å². The number of hydrogen-bond donors (Lipinski definition) is 0. The van der Waals surface area contributed by atoms with Crippen molar-refractivity contribution < 1.29 is 9.47 Å². The van der Waals surface area contributed by atoms with Crippen LogP contribution in [0.3, 0.4) is 0 Å². The first-order valence-corrected chi connectivity index (χ1v) is 10.6. The van der Waals surface area contributed by atoms with E-state index in [0.29, 0.717) is 48.2 Å². The first-order valence-electron chi connectivity index (χ1n) is 10.6. The zero-order valence-corrected chi connectivity index (χ0v) is 18.7. The molecule has 1 aliphatic heterocycles. The van der Waals surface area contributed by atoms with Gasteiger partial charge in [-0.05, 0) is 24.5 Å². The molecule has 0 amide bonds. The fourth-order valence-corrected chi connectivity index (χ4v) is 4.23. The summed E-state index contributed by atoms with van der Waals surface area (Å²) in [6.45, 7) is 5.92. The normalized spacial score (nSPS) is 15.9. The van der Waals surface area contributed by atoms with Gasteiger partial charge in [0.25, 0.3) is 5.56 Å². The Morgan fingerprint density at radius 1 is 1.16 bits per heavy atom. The highest BCUT2D eigenvalue weighted by Gasteiger charge is 2.31. The molecular formula is C22H29N5O4. The van der Waals surface area contributed by atoms with Crippen molar-refractivity contribution in [1.29, 1.82) is 0 Å². The van der Waals surface area contributed by atoms with Crippen molar-refractivity contribution in [3.63, 3.8) is 0 Å². The van der Waals surface area contributed by atoms with E-state index in [1.165, 1.54) is 9.13 Å². The monoisotopic (exact) mass is 427 g/mol. The number of anilines is 2. The molecule has 1 atom stereocenters.